The van der Waals surface area contributed by atoms with Gasteiger partial charge in [0.15, 0.2) is 0 Å². The lowest BCUT2D eigenvalue weighted by Gasteiger charge is -2.17. The summed E-state index contributed by atoms with van der Waals surface area (Å²) >= 11 is 0. The number of aryl methyl sites for hydroxylation is 1. The summed E-state index contributed by atoms with van der Waals surface area (Å²) < 4.78 is 0. The molecule has 0 aromatic heterocycles. The van der Waals surface area contributed by atoms with Crippen LogP contribution in [0.3, 0.4) is 0 Å². The van der Waals surface area contributed by atoms with Crippen molar-refractivity contribution in [2.45, 2.75) is 34.1 Å². The number of nitrogens with one attached hydrogen (secondary N) is 2. The SMILES string of the molecule is Cc1ccc(N)cc1NC(=O)CCNC(=O)C(C)(C)C. The lowest BCUT2D eigenvalue weighted by Crippen LogP contribution is -2.36. The fourth-order valence-corrected chi connectivity index (χ4v) is 1.54. The molecule has 0 heterocycles. The number of nitrogens with two attached hydrogens (primary N) is 1. The fraction of sp³-hybridized carbons (Fsp3) is 0.467. The first-order chi connectivity index (χ1) is 9.20. The monoisotopic (exact) mass is 277 g/mol. The molecule has 0 unspecified atom stereocenters. The third-order valence-corrected chi connectivity index (χ3v) is 2.85. The van der Waals surface area contributed by atoms with Crippen LogP contribution in [-0.4, -0.2) is 18.4 Å². The van der Waals surface area contributed by atoms with E-state index < -0.39 is 5.41 Å². The molecule has 0 fully saturated rings. The third-order valence-electron chi connectivity index (χ3n) is 2.85. The van der Waals surface area contributed by atoms with Gasteiger partial charge >= 0.3 is 0 Å². The fourth-order valence-electron chi connectivity index (χ4n) is 1.54. The Balaban J connectivity index is 2.45. The zero-order valence-electron chi connectivity index (χ0n) is 12.5. The average Bonchev–Trinajstić information content (AvgIpc) is 2.32. The van der Waals surface area contributed by atoms with Crippen LogP contribution in [0.25, 0.3) is 0 Å². The molecule has 0 atom stereocenters. The van der Waals surface area contributed by atoms with Crippen molar-refractivity contribution in [2.75, 3.05) is 17.6 Å². The molecule has 0 aliphatic rings. The van der Waals surface area contributed by atoms with E-state index in [1.54, 1.807) is 12.1 Å². The number of amides is 2. The van der Waals surface area contributed by atoms with Gasteiger partial charge in [-0.2, -0.15) is 0 Å². The number of nitrogen functional groups attached to an aromatic ring is 1. The van der Waals surface area contributed by atoms with Crippen LogP contribution in [0.5, 0.6) is 0 Å². The predicted octanol–water partition coefficient (Wildman–Crippen LogP) is 2.07. The van der Waals surface area contributed by atoms with Crippen LogP contribution in [0.1, 0.15) is 32.8 Å². The molecule has 4 N–H and O–H groups in total. The van der Waals surface area contributed by atoms with E-state index in [0.717, 1.165) is 5.56 Å². The number of carbonyl (C=O) groups is 2. The molecule has 0 saturated carbocycles. The molecule has 0 aliphatic heterocycles. The Morgan fingerprint density at radius 3 is 2.50 bits per heavy atom. The molecular formula is C15H23N3O2. The van der Waals surface area contributed by atoms with Gasteiger partial charge in [0.05, 0.1) is 0 Å². The zero-order chi connectivity index (χ0) is 15.3. The second-order valence-corrected chi connectivity index (χ2v) is 5.88. The lowest BCUT2D eigenvalue weighted by molar-refractivity contribution is -0.128. The van der Waals surface area contributed by atoms with Gasteiger partial charge in [-0.15, -0.1) is 0 Å². The van der Waals surface area contributed by atoms with E-state index in [0.29, 0.717) is 17.9 Å². The highest BCUT2D eigenvalue weighted by molar-refractivity contribution is 5.92. The van der Waals surface area contributed by atoms with Crippen molar-refractivity contribution >= 4 is 23.2 Å². The summed E-state index contributed by atoms with van der Waals surface area (Å²) in [6.07, 6.45) is 0.232. The van der Waals surface area contributed by atoms with Gasteiger partial charge in [0.25, 0.3) is 0 Å². The van der Waals surface area contributed by atoms with Gasteiger partial charge in [-0.25, -0.2) is 0 Å². The number of hydrogen-bond acceptors (Lipinski definition) is 3. The Bertz CT molecular complexity index is 504. The molecule has 0 bridgehead atoms. The van der Waals surface area contributed by atoms with Gasteiger partial charge in [0, 0.05) is 29.8 Å². The summed E-state index contributed by atoms with van der Waals surface area (Å²) in [5.41, 5.74) is 7.50. The molecule has 0 spiro atoms. The largest absolute Gasteiger partial charge is 0.399 e. The van der Waals surface area contributed by atoms with Crippen molar-refractivity contribution in [1.29, 1.82) is 0 Å². The smallest absolute Gasteiger partial charge is 0.226 e. The van der Waals surface area contributed by atoms with E-state index in [-0.39, 0.29) is 18.2 Å². The molecular weight excluding hydrogens is 254 g/mol. The van der Waals surface area contributed by atoms with Crippen LogP contribution in [0.15, 0.2) is 18.2 Å². The van der Waals surface area contributed by atoms with Crippen LogP contribution >= 0.6 is 0 Å². The third kappa shape index (κ3) is 4.91. The second kappa shape index (κ2) is 6.41. The normalized spacial score (nSPS) is 11.0. The molecule has 2 amide bonds. The van der Waals surface area contributed by atoms with Crippen LogP contribution in [0.4, 0.5) is 11.4 Å². The van der Waals surface area contributed by atoms with Crippen molar-refractivity contribution in [1.82, 2.24) is 5.32 Å². The maximum absolute atomic E-state index is 11.8. The van der Waals surface area contributed by atoms with Gasteiger partial charge in [-0.05, 0) is 24.6 Å². The van der Waals surface area contributed by atoms with Crippen molar-refractivity contribution in [3.8, 4) is 0 Å². The number of benzene rings is 1. The molecule has 1 aromatic rings. The van der Waals surface area contributed by atoms with E-state index in [2.05, 4.69) is 10.6 Å². The second-order valence-electron chi connectivity index (χ2n) is 5.88. The first kappa shape index (κ1) is 16.0. The highest BCUT2D eigenvalue weighted by atomic mass is 16.2. The first-order valence-electron chi connectivity index (χ1n) is 6.64. The van der Waals surface area contributed by atoms with Crippen molar-refractivity contribution in [2.24, 2.45) is 5.41 Å². The van der Waals surface area contributed by atoms with Gasteiger partial charge < -0.3 is 16.4 Å². The molecule has 1 aromatic carbocycles. The Morgan fingerprint density at radius 2 is 1.90 bits per heavy atom. The van der Waals surface area contributed by atoms with Crippen molar-refractivity contribution in [3.63, 3.8) is 0 Å². The summed E-state index contributed by atoms with van der Waals surface area (Å²) in [6, 6.07) is 5.36. The van der Waals surface area contributed by atoms with E-state index in [4.69, 9.17) is 5.73 Å². The quantitative estimate of drug-likeness (QED) is 0.737. The summed E-state index contributed by atoms with van der Waals surface area (Å²) in [5.74, 6) is -0.210. The summed E-state index contributed by atoms with van der Waals surface area (Å²) in [5, 5.41) is 5.53. The molecule has 0 aliphatic carbocycles. The van der Waals surface area contributed by atoms with Crippen molar-refractivity contribution in [3.05, 3.63) is 23.8 Å². The molecule has 1 rings (SSSR count). The van der Waals surface area contributed by atoms with Gasteiger partial charge in [0.2, 0.25) is 11.8 Å². The van der Waals surface area contributed by atoms with E-state index in [1.807, 2.05) is 33.8 Å². The van der Waals surface area contributed by atoms with E-state index in [9.17, 15) is 9.59 Å². The van der Waals surface area contributed by atoms with Gasteiger partial charge in [0.1, 0.15) is 0 Å². The Morgan fingerprint density at radius 1 is 1.25 bits per heavy atom. The molecule has 110 valence electrons. The minimum atomic E-state index is -0.444. The first-order valence-corrected chi connectivity index (χ1v) is 6.64. The maximum atomic E-state index is 11.8. The highest BCUT2D eigenvalue weighted by Gasteiger charge is 2.20. The lowest BCUT2D eigenvalue weighted by atomic mass is 9.96. The Kier molecular flexibility index (Phi) is 5.13. The highest BCUT2D eigenvalue weighted by Crippen LogP contribution is 2.18. The van der Waals surface area contributed by atoms with Crippen LogP contribution in [0.2, 0.25) is 0 Å². The molecule has 0 radical (unpaired) electrons. The number of anilines is 2. The van der Waals surface area contributed by atoms with Gasteiger partial charge in [-0.3, -0.25) is 9.59 Å². The molecule has 0 saturated heterocycles. The number of carbonyl (C=O) groups excluding carboxylic acids is 2. The molecule has 5 nitrogen and oxygen atoms in total. The summed E-state index contributed by atoms with van der Waals surface area (Å²) in [4.78, 5) is 23.4. The van der Waals surface area contributed by atoms with E-state index in [1.165, 1.54) is 0 Å². The number of hydrogen-bond donors (Lipinski definition) is 3. The molecule has 20 heavy (non-hydrogen) atoms. The maximum Gasteiger partial charge on any atom is 0.226 e. The van der Waals surface area contributed by atoms with Gasteiger partial charge in [-0.1, -0.05) is 26.8 Å². The van der Waals surface area contributed by atoms with Crippen LogP contribution in [0, 0.1) is 12.3 Å². The van der Waals surface area contributed by atoms with Crippen LogP contribution in [-0.2, 0) is 9.59 Å². The summed E-state index contributed by atoms with van der Waals surface area (Å²) in [7, 11) is 0. The zero-order valence-corrected chi connectivity index (χ0v) is 12.5. The molecule has 5 heteroatoms. The Labute approximate surface area is 119 Å². The Hall–Kier alpha value is -2.04. The van der Waals surface area contributed by atoms with Crippen LogP contribution < -0.4 is 16.4 Å². The average molecular weight is 277 g/mol. The number of rotatable bonds is 4. The minimum Gasteiger partial charge on any atom is -0.399 e. The topological polar surface area (TPSA) is 84.2 Å². The van der Waals surface area contributed by atoms with E-state index >= 15 is 0 Å². The minimum absolute atomic E-state index is 0.0644. The standard InChI is InChI=1S/C15H23N3O2/c1-10-5-6-11(16)9-12(10)18-13(19)7-8-17-14(20)15(2,3)4/h5-6,9H,7-8,16H2,1-4H3,(H,17,20)(H,18,19). The summed E-state index contributed by atoms with van der Waals surface area (Å²) in [6.45, 7) is 7.72. The van der Waals surface area contributed by atoms with Crippen molar-refractivity contribution < 1.29 is 9.59 Å². The predicted molar refractivity (Wildman–Crippen MR) is 81.3 cm³/mol.